The van der Waals surface area contributed by atoms with Crippen LogP contribution < -0.4 is 19.9 Å². The van der Waals surface area contributed by atoms with Crippen molar-refractivity contribution < 1.29 is 19.3 Å². The van der Waals surface area contributed by atoms with Gasteiger partial charge < -0.3 is 9.47 Å². The molecule has 2 aromatic heterocycles. The van der Waals surface area contributed by atoms with Crippen LogP contribution >= 0.6 is 0 Å². The van der Waals surface area contributed by atoms with E-state index < -0.39 is 0 Å². The Balaban J connectivity index is 1.44. The normalized spacial score (nSPS) is 12.4. The van der Waals surface area contributed by atoms with Crippen molar-refractivity contribution in [3.63, 3.8) is 0 Å². The summed E-state index contributed by atoms with van der Waals surface area (Å²) in [4.78, 5) is 20.6. The van der Waals surface area contributed by atoms with Crippen LogP contribution in [0.3, 0.4) is 0 Å². The number of carbonyl (C=O) groups is 1. The van der Waals surface area contributed by atoms with E-state index in [0.717, 1.165) is 22.0 Å². The van der Waals surface area contributed by atoms with Gasteiger partial charge in [-0.2, -0.15) is 5.10 Å². The quantitative estimate of drug-likeness (QED) is 0.423. The highest BCUT2D eigenvalue weighted by Crippen LogP contribution is 2.32. The van der Waals surface area contributed by atoms with E-state index in [9.17, 15) is 4.79 Å². The zero-order valence-electron chi connectivity index (χ0n) is 15.8. The third-order valence-electron chi connectivity index (χ3n) is 4.75. The first-order valence-electron chi connectivity index (χ1n) is 9.37. The number of nitrogens with one attached hydrogen (secondary N) is 2. The first-order chi connectivity index (χ1) is 14.8. The number of benzene rings is 2. The molecule has 2 aromatic carbocycles. The summed E-state index contributed by atoms with van der Waals surface area (Å²) in [5.41, 5.74) is 6.28. The molecular formula is C23H17N4O3+. The molecule has 0 radical (unpaired) electrons. The number of pyridine rings is 2. The fourth-order valence-electron chi connectivity index (χ4n) is 3.29. The van der Waals surface area contributed by atoms with Crippen LogP contribution in [-0.4, -0.2) is 23.9 Å². The lowest BCUT2D eigenvalue weighted by molar-refractivity contribution is -0.377. The summed E-state index contributed by atoms with van der Waals surface area (Å²) < 4.78 is 10.7. The van der Waals surface area contributed by atoms with Crippen molar-refractivity contribution in [1.82, 2.24) is 10.4 Å². The SMILES string of the molecule is O=C(NN=Cc1ccc2c(c1)OCO2)c1cc(-c2cc[nH+]cc2)nc2ccccc12. The number of para-hydroxylation sites is 1. The minimum atomic E-state index is -0.311. The Morgan fingerprint density at radius 1 is 1.03 bits per heavy atom. The molecule has 4 aromatic rings. The molecule has 1 aliphatic heterocycles. The van der Waals surface area contributed by atoms with E-state index in [2.05, 4.69) is 15.5 Å². The maximum Gasteiger partial charge on any atom is 0.272 e. The van der Waals surface area contributed by atoms with Crippen LogP contribution in [0.4, 0.5) is 0 Å². The van der Waals surface area contributed by atoms with Gasteiger partial charge in [-0.1, -0.05) is 18.2 Å². The van der Waals surface area contributed by atoms with E-state index in [0.29, 0.717) is 22.8 Å². The molecule has 0 saturated carbocycles. The van der Waals surface area contributed by atoms with Gasteiger partial charge in [0.15, 0.2) is 23.9 Å². The highest BCUT2D eigenvalue weighted by atomic mass is 16.7. The minimum absolute atomic E-state index is 0.212. The van der Waals surface area contributed by atoms with Gasteiger partial charge in [-0.25, -0.2) is 15.4 Å². The topological polar surface area (TPSA) is 87.0 Å². The molecule has 7 heteroatoms. The van der Waals surface area contributed by atoms with Crippen molar-refractivity contribution in [2.75, 3.05) is 6.79 Å². The predicted molar refractivity (Wildman–Crippen MR) is 111 cm³/mol. The lowest BCUT2D eigenvalue weighted by atomic mass is 10.0. The first-order valence-corrected chi connectivity index (χ1v) is 9.37. The second kappa shape index (κ2) is 7.63. The first kappa shape index (κ1) is 17.8. The Bertz CT molecular complexity index is 1270. The summed E-state index contributed by atoms with van der Waals surface area (Å²) in [7, 11) is 0. The molecule has 0 saturated heterocycles. The summed E-state index contributed by atoms with van der Waals surface area (Å²) in [6, 6.07) is 18.6. The van der Waals surface area contributed by atoms with Crippen LogP contribution in [0.25, 0.3) is 22.2 Å². The van der Waals surface area contributed by atoms with Crippen molar-refractivity contribution in [1.29, 1.82) is 0 Å². The highest BCUT2D eigenvalue weighted by molar-refractivity contribution is 6.07. The maximum atomic E-state index is 12.9. The molecule has 3 heterocycles. The van der Waals surface area contributed by atoms with Gasteiger partial charge in [0.1, 0.15) is 0 Å². The molecule has 7 nitrogen and oxygen atoms in total. The van der Waals surface area contributed by atoms with Crippen molar-refractivity contribution in [2.24, 2.45) is 5.10 Å². The third kappa shape index (κ3) is 3.44. The summed E-state index contributed by atoms with van der Waals surface area (Å²) >= 11 is 0. The van der Waals surface area contributed by atoms with E-state index in [4.69, 9.17) is 14.5 Å². The monoisotopic (exact) mass is 397 g/mol. The average molecular weight is 397 g/mol. The van der Waals surface area contributed by atoms with Crippen molar-refractivity contribution in [3.8, 4) is 22.8 Å². The van der Waals surface area contributed by atoms with Gasteiger partial charge in [-0.3, -0.25) is 4.79 Å². The molecule has 1 amide bonds. The van der Waals surface area contributed by atoms with Crippen LogP contribution in [0.1, 0.15) is 15.9 Å². The number of H-pyrrole nitrogens is 1. The van der Waals surface area contributed by atoms with E-state index >= 15 is 0 Å². The molecule has 0 bridgehead atoms. The van der Waals surface area contributed by atoms with Gasteiger partial charge in [0.2, 0.25) is 6.79 Å². The Labute approximate surface area is 172 Å². The van der Waals surface area contributed by atoms with Crippen molar-refractivity contribution >= 4 is 23.0 Å². The highest BCUT2D eigenvalue weighted by Gasteiger charge is 2.15. The van der Waals surface area contributed by atoms with Crippen LogP contribution in [-0.2, 0) is 0 Å². The average Bonchev–Trinajstić information content (AvgIpc) is 3.27. The Kier molecular flexibility index (Phi) is 4.53. The Hall–Kier alpha value is -4.26. The molecule has 2 N–H and O–H groups in total. The number of rotatable bonds is 4. The zero-order chi connectivity index (χ0) is 20.3. The Morgan fingerprint density at radius 2 is 1.87 bits per heavy atom. The minimum Gasteiger partial charge on any atom is -0.454 e. The van der Waals surface area contributed by atoms with E-state index in [1.165, 1.54) is 0 Å². The molecule has 0 atom stereocenters. The summed E-state index contributed by atoms with van der Waals surface area (Å²) in [6.45, 7) is 0.212. The molecule has 0 spiro atoms. The summed E-state index contributed by atoms with van der Waals surface area (Å²) in [5, 5.41) is 4.87. The van der Waals surface area contributed by atoms with Gasteiger partial charge in [0, 0.05) is 23.1 Å². The standard InChI is InChI=1S/C23H16N4O3/c28-23(27-25-13-15-5-6-21-22(11-15)30-14-29-21)18-12-20(16-7-9-24-10-8-16)26-19-4-2-1-3-17(18)19/h1-13H,14H2,(H,27,28)/p+1. The molecule has 1 aliphatic rings. The number of carbonyl (C=O) groups excluding carboxylic acids is 1. The fraction of sp³-hybridized carbons (Fsp3) is 0.0435. The predicted octanol–water partition coefficient (Wildman–Crippen LogP) is 3.21. The Morgan fingerprint density at radius 3 is 2.77 bits per heavy atom. The number of ether oxygens (including phenoxy) is 2. The van der Waals surface area contributed by atoms with Gasteiger partial charge in [-0.15, -0.1) is 0 Å². The lowest BCUT2D eigenvalue weighted by Gasteiger charge is -2.08. The van der Waals surface area contributed by atoms with Gasteiger partial charge in [0.05, 0.1) is 23.0 Å². The van der Waals surface area contributed by atoms with Crippen LogP contribution in [0.15, 0.2) is 78.2 Å². The summed E-state index contributed by atoms with van der Waals surface area (Å²) in [6.07, 6.45) is 5.21. The molecule has 5 rings (SSSR count). The molecule has 0 fully saturated rings. The number of aromatic nitrogens is 2. The smallest absolute Gasteiger partial charge is 0.272 e. The number of nitrogens with zero attached hydrogens (tertiary/aromatic N) is 2. The maximum absolute atomic E-state index is 12.9. The molecule has 0 unspecified atom stereocenters. The van der Waals surface area contributed by atoms with E-state index in [1.54, 1.807) is 12.3 Å². The van der Waals surface area contributed by atoms with Gasteiger partial charge in [0.25, 0.3) is 5.91 Å². The lowest BCUT2D eigenvalue weighted by Crippen LogP contribution is -2.18. The number of hydrazone groups is 1. The van der Waals surface area contributed by atoms with Gasteiger partial charge >= 0.3 is 0 Å². The number of aromatic amines is 1. The molecule has 0 aliphatic carbocycles. The zero-order valence-corrected chi connectivity index (χ0v) is 15.8. The number of hydrogen-bond acceptors (Lipinski definition) is 5. The molecule has 30 heavy (non-hydrogen) atoms. The van der Waals surface area contributed by atoms with E-state index in [1.807, 2.05) is 67.0 Å². The van der Waals surface area contributed by atoms with Crippen LogP contribution in [0.5, 0.6) is 11.5 Å². The van der Waals surface area contributed by atoms with Gasteiger partial charge in [-0.05, 0) is 35.9 Å². The molecule has 146 valence electrons. The molecular weight excluding hydrogens is 380 g/mol. The van der Waals surface area contributed by atoms with Crippen LogP contribution in [0.2, 0.25) is 0 Å². The fourth-order valence-corrected chi connectivity index (χ4v) is 3.29. The number of hydrogen-bond donors (Lipinski definition) is 1. The van der Waals surface area contributed by atoms with Crippen molar-refractivity contribution in [3.05, 3.63) is 84.2 Å². The van der Waals surface area contributed by atoms with Crippen LogP contribution in [0, 0.1) is 0 Å². The van der Waals surface area contributed by atoms with Crippen molar-refractivity contribution in [2.45, 2.75) is 0 Å². The van der Waals surface area contributed by atoms with E-state index in [-0.39, 0.29) is 12.7 Å². The second-order valence-electron chi connectivity index (χ2n) is 6.67. The summed E-state index contributed by atoms with van der Waals surface area (Å²) in [5.74, 6) is 1.05. The number of amides is 1. The largest absolute Gasteiger partial charge is 0.454 e. The number of fused-ring (bicyclic) bond motifs is 2. The second-order valence-corrected chi connectivity index (χ2v) is 6.67. The third-order valence-corrected chi connectivity index (χ3v) is 4.75.